The highest BCUT2D eigenvalue weighted by molar-refractivity contribution is 7.98. The number of amides is 2. The highest BCUT2D eigenvalue weighted by Gasteiger charge is 2.37. The van der Waals surface area contributed by atoms with E-state index < -0.39 is 67.2 Å². The van der Waals surface area contributed by atoms with Gasteiger partial charge in [-0.05, 0) is 24.0 Å². The Morgan fingerprint density at radius 1 is 1.03 bits per heavy atom. The van der Waals surface area contributed by atoms with Crippen LogP contribution in [0.15, 0.2) is 30.3 Å². The molecule has 0 aromatic heterocycles. The van der Waals surface area contributed by atoms with Gasteiger partial charge in [0.2, 0.25) is 5.91 Å². The summed E-state index contributed by atoms with van der Waals surface area (Å²) in [7, 11) is 0. The van der Waals surface area contributed by atoms with Crippen molar-refractivity contribution in [3.05, 3.63) is 35.9 Å². The number of thioether (sulfide) groups is 1. The molecule has 0 bridgehead atoms. The first-order valence-electron chi connectivity index (χ1n) is 9.89. The van der Waals surface area contributed by atoms with Gasteiger partial charge in [0.25, 0.3) is 5.91 Å². The third-order valence-electron chi connectivity index (χ3n) is 4.75. The van der Waals surface area contributed by atoms with Gasteiger partial charge in [-0.15, -0.1) is 0 Å². The van der Waals surface area contributed by atoms with Gasteiger partial charge in [-0.1, -0.05) is 30.3 Å². The third kappa shape index (κ3) is 8.73. The lowest BCUT2D eigenvalue weighted by Gasteiger charge is -2.30. The monoisotopic (exact) mass is 473 g/mol. The minimum Gasteiger partial charge on any atom is -0.481 e. The molecule has 0 saturated heterocycles. The number of carbonyl (C=O) groups is 3. The number of hydrogen-bond donors (Lipinski definition) is 8. The van der Waals surface area contributed by atoms with Crippen molar-refractivity contribution in [1.82, 2.24) is 10.6 Å². The molecule has 180 valence electrons. The first kappa shape index (κ1) is 27.8. The van der Waals surface area contributed by atoms with Crippen molar-refractivity contribution in [3.63, 3.8) is 0 Å². The summed E-state index contributed by atoms with van der Waals surface area (Å²) >= 11 is 1.48. The molecule has 0 aliphatic carbocycles. The molecule has 6 atom stereocenters. The quantitative estimate of drug-likeness (QED) is 0.149. The van der Waals surface area contributed by atoms with E-state index in [9.17, 15) is 34.8 Å². The predicted octanol–water partition coefficient (Wildman–Crippen LogP) is -2.04. The van der Waals surface area contributed by atoms with Crippen LogP contribution in [0.2, 0.25) is 0 Å². The van der Waals surface area contributed by atoms with Crippen LogP contribution in [0.25, 0.3) is 0 Å². The van der Waals surface area contributed by atoms with Crippen LogP contribution in [0.3, 0.4) is 0 Å². The molecule has 0 radical (unpaired) electrons. The van der Waals surface area contributed by atoms with Crippen molar-refractivity contribution >= 4 is 29.5 Å². The molecule has 0 aliphatic heterocycles. The average molecular weight is 474 g/mol. The molecule has 0 spiro atoms. The molecular weight excluding hydrogens is 442 g/mol. The van der Waals surface area contributed by atoms with Crippen LogP contribution in [0.1, 0.15) is 24.4 Å². The minimum atomic E-state index is -2.17. The van der Waals surface area contributed by atoms with Crippen molar-refractivity contribution in [2.24, 2.45) is 5.73 Å². The Bertz CT molecular complexity index is 739. The van der Waals surface area contributed by atoms with Crippen LogP contribution in [-0.4, -0.2) is 92.3 Å². The number of aliphatic hydroxyl groups is 4. The maximum atomic E-state index is 12.4. The van der Waals surface area contributed by atoms with Crippen molar-refractivity contribution in [1.29, 1.82) is 0 Å². The molecule has 0 heterocycles. The van der Waals surface area contributed by atoms with Crippen molar-refractivity contribution in [2.45, 2.75) is 49.3 Å². The maximum absolute atomic E-state index is 12.4. The van der Waals surface area contributed by atoms with Gasteiger partial charge in [-0.25, -0.2) is 0 Å². The van der Waals surface area contributed by atoms with Gasteiger partial charge in [0.1, 0.15) is 12.2 Å². The fraction of sp³-hybridized carbons (Fsp3) is 0.550. The number of benzene rings is 1. The Labute approximate surface area is 190 Å². The second kappa shape index (κ2) is 14.0. The van der Waals surface area contributed by atoms with E-state index in [2.05, 4.69) is 10.6 Å². The van der Waals surface area contributed by atoms with Gasteiger partial charge in [0.15, 0.2) is 6.10 Å². The lowest BCUT2D eigenvalue weighted by atomic mass is 9.99. The Hall–Kier alpha value is -2.22. The molecule has 12 heteroatoms. The molecule has 11 nitrogen and oxygen atoms in total. The lowest BCUT2D eigenvalue weighted by Crippen LogP contribution is -2.58. The van der Waals surface area contributed by atoms with Crippen LogP contribution in [-0.2, 0) is 14.4 Å². The number of carboxylic acids is 1. The van der Waals surface area contributed by atoms with Crippen LogP contribution >= 0.6 is 11.8 Å². The molecule has 32 heavy (non-hydrogen) atoms. The number of carboxylic acid groups (broad SMARTS) is 1. The van der Waals surface area contributed by atoms with E-state index in [1.807, 2.05) is 6.26 Å². The zero-order chi connectivity index (χ0) is 24.3. The van der Waals surface area contributed by atoms with Gasteiger partial charge in [-0.3, -0.25) is 14.4 Å². The third-order valence-corrected chi connectivity index (χ3v) is 5.39. The first-order chi connectivity index (χ1) is 15.1. The summed E-state index contributed by atoms with van der Waals surface area (Å²) in [5, 5.41) is 53.9. The van der Waals surface area contributed by atoms with E-state index >= 15 is 0 Å². The van der Waals surface area contributed by atoms with E-state index in [1.165, 1.54) is 11.8 Å². The molecule has 1 aromatic carbocycles. The van der Waals surface area contributed by atoms with E-state index in [0.29, 0.717) is 17.7 Å². The number of nitrogens with one attached hydrogen (secondary N) is 2. The molecule has 0 fully saturated rings. The zero-order valence-corrected chi connectivity index (χ0v) is 18.4. The van der Waals surface area contributed by atoms with E-state index in [0.717, 1.165) is 0 Å². The summed E-state index contributed by atoms with van der Waals surface area (Å²) in [4.78, 5) is 35.7. The average Bonchev–Trinajstić information content (AvgIpc) is 2.78. The molecule has 6 unspecified atom stereocenters. The summed E-state index contributed by atoms with van der Waals surface area (Å²) in [6, 6.07) is 4.86. The largest absolute Gasteiger partial charge is 0.481 e. The standard InChI is InChI=1S/C20H31N3O8S/c1-32-8-7-12(21)19(30)23-14(10-24)16(27)17(28)18(29)20(31)22-13(9-15(25)26)11-5-3-2-4-6-11/h2-6,12-14,16-18,24,27-29H,7-10,21H2,1H3,(H,22,31)(H,23,30)(H,25,26). The molecule has 9 N–H and O–H groups in total. The Balaban J connectivity index is 2.81. The summed E-state index contributed by atoms with van der Waals surface area (Å²) in [5.74, 6) is -2.39. The number of aliphatic hydroxyl groups excluding tert-OH is 4. The van der Waals surface area contributed by atoms with Gasteiger partial charge in [-0.2, -0.15) is 11.8 Å². The van der Waals surface area contributed by atoms with Crippen molar-refractivity contribution in [2.75, 3.05) is 18.6 Å². The van der Waals surface area contributed by atoms with Gasteiger partial charge < -0.3 is 41.9 Å². The number of rotatable bonds is 14. The lowest BCUT2D eigenvalue weighted by molar-refractivity contribution is -0.145. The summed E-state index contributed by atoms with van der Waals surface area (Å²) < 4.78 is 0. The number of aliphatic carboxylic acids is 1. The Kier molecular flexibility index (Phi) is 12.2. The second-order valence-electron chi connectivity index (χ2n) is 7.18. The molecular formula is C20H31N3O8S. The van der Waals surface area contributed by atoms with Gasteiger partial charge >= 0.3 is 5.97 Å². The van der Waals surface area contributed by atoms with Gasteiger partial charge in [0.05, 0.1) is 31.2 Å². The maximum Gasteiger partial charge on any atom is 0.305 e. The minimum absolute atomic E-state index is 0.347. The second-order valence-corrected chi connectivity index (χ2v) is 8.17. The highest BCUT2D eigenvalue weighted by atomic mass is 32.2. The number of nitrogens with two attached hydrogens (primary N) is 1. The van der Waals surface area contributed by atoms with Crippen molar-refractivity contribution < 1.29 is 39.9 Å². The molecule has 0 aliphatic rings. The summed E-state index contributed by atoms with van der Waals surface area (Å²) in [6.45, 7) is -0.792. The Morgan fingerprint density at radius 3 is 2.19 bits per heavy atom. The zero-order valence-electron chi connectivity index (χ0n) is 17.6. The number of carbonyl (C=O) groups excluding carboxylic acids is 2. The summed E-state index contributed by atoms with van der Waals surface area (Å²) in [5.41, 5.74) is 6.19. The van der Waals surface area contributed by atoms with Gasteiger partial charge in [0, 0.05) is 0 Å². The highest BCUT2D eigenvalue weighted by Crippen LogP contribution is 2.17. The van der Waals surface area contributed by atoms with Crippen LogP contribution in [0.5, 0.6) is 0 Å². The fourth-order valence-electron chi connectivity index (χ4n) is 2.85. The van der Waals surface area contributed by atoms with E-state index in [-0.39, 0.29) is 0 Å². The van der Waals surface area contributed by atoms with Crippen molar-refractivity contribution in [3.8, 4) is 0 Å². The van der Waals surface area contributed by atoms with Crippen LogP contribution < -0.4 is 16.4 Å². The Morgan fingerprint density at radius 2 is 1.66 bits per heavy atom. The predicted molar refractivity (Wildman–Crippen MR) is 118 cm³/mol. The normalized spacial score (nSPS) is 16.8. The first-order valence-corrected chi connectivity index (χ1v) is 11.3. The molecule has 0 saturated carbocycles. The SMILES string of the molecule is CSCCC(N)C(=O)NC(CO)C(O)C(O)C(O)C(=O)NC(CC(=O)O)c1ccccc1. The smallest absolute Gasteiger partial charge is 0.305 e. The number of hydrogen-bond acceptors (Lipinski definition) is 9. The molecule has 1 aromatic rings. The van der Waals surface area contributed by atoms with Crippen LogP contribution in [0, 0.1) is 0 Å². The van der Waals surface area contributed by atoms with Crippen LogP contribution in [0.4, 0.5) is 0 Å². The fourth-order valence-corrected chi connectivity index (χ4v) is 3.34. The van der Waals surface area contributed by atoms with E-state index in [1.54, 1.807) is 30.3 Å². The molecule has 1 rings (SSSR count). The van der Waals surface area contributed by atoms with E-state index in [4.69, 9.17) is 10.8 Å². The molecule has 2 amide bonds. The topological polar surface area (TPSA) is 202 Å². The summed E-state index contributed by atoms with van der Waals surface area (Å²) in [6.07, 6.45) is -4.46.